The summed E-state index contributed by atoms with van der Waals surface area (Å²) in [7, 11) is 0. The summed E-state index contributed by atoms with van der Waals surface area (Å²) in [6, 6.07) is 20.2. The number of rotatable bonds is 5. The highest BCUT2D eigenvalue weighted by molar-refractivity contribution is 7.17. The van der Waals surface area contributed by atoms with Gasteiger partial charge in [-0.2, -0.15) is 5.26 Å². The van der Waals surface area contributed by atoms with Crippen molar-refractivity contribution in [2.45, 2.75) is 6.92 Å². The summed E-state index contributed by atoms with van der Waals surface area (Å²) in [5.41, 5.74) is 7.09. The number of hydrogen-bond donors (Lipinski definition) is 2. The molecule has 0 spiro atoms. The Balaban J connectivity index is 1.61. The van der Waals surface area contributed by atoms with Gasteiger partial charge in [0.25, 0.3) is 0 Å². The Morgan fingerprint density at radius 2 is 1.97 bits per heavy atom. The summed E-state index contributed by atoms with van der Waals surface area (Å²) in [6.07, 6.45) is 6.14. The molecule has 2 aromatic carbocycles. The van der Waals surface area contributed by atoms with Crippen LogP contribution in [0.5, 0.6) is 0 Å². The molecule has 5 rings (SSSR count). The Morgan fingerprint density at radius 1 is 1.09 bits per heavy atom. The van der Waals surface area contributed by atoms with Gasteiger partial charge in [-0.05, 0) is 60.0 Å². The quantitative estimate of drug-likeness (QED) is 0.302. The highest BCUT2D eigenvalue weighted by Gasteiger charge is 2.14. The van der Waals surface area contributed by atoms with Crippen LogP contribution in [0.25, 0.3) is 32.5 Å². The second kappa shape index (κ2) is 8.14. The second-order valence-electron chi connectivity index (χ2n) is 7.42. The van der Waals surface area contributed by atoms with Gasteiger partial charge < -0.3 is 10.3 Å². The molecule has 0 aliphatic carbocycles. The largest absolute Gasteiger partial charge is 0.361 e. The Morgan fingerprint density at radius 3 is 2.78 bits per heavy atom. The average molecular weight is 435 g/mol. The zero-order valence-electron chi connectivity index (χ0n) is 17.2. The number of nitrogens with one attached hydrogen (secondary N) is 2. The average Bonchev–Trinajstić information content (AvgIpc) is 3.51. The molecule has 0 unspecified atom stereocenters. The fourth-order valence-electron chi connectivity index (χ4n) is 3.86. The number of carbonyl (C=O) groups is 1. The number of hydrogen-bond acceptors (Lipinski definition) is 5. The number of pyridine rings is 1. The fourth-order valence-corrected chi connectivity index (χ4v) is 4.68. The van der Waals surface area contributed by atoms with Crippen molar-refractivity contribution >= 4 is 39.9 Å². The molecule has 0 saturated carbocycles. The van der Waals surface area contributed by atoms with E-state index in [9.17, 15) is 10.1 Å². The monoisotopic (exact) mass is 434 g/mol. The van der Waals surface area contributed by atoms with Crippen molar-refractivity contribution in [3.05, 3.63) is 89.2 Å². The lowest BCUT2D eigenvalue weighted by Gasteiger charge is -2.16. The predicted octanol–water partition coefficient (Wildman–Crippen LogP) is 6.69. The lowest BCUT2D eigenvalue weighted by atomic mass is 10.00. The number of benzene rings is 2. The smallest absolute Gasteiger partial charge is 0.160 e. The number of aryl methyl sites for hydroxylation is 1. The zero-order valence-corrected chi connectivity index (χ0v) is 18.0. The van der Waals surface area contributed by atoms with Gasteiger partial charge in [0.15, 0.2) is 6.29 Å². The molecule has 0 aliphatic rings. The number of H-pyrrole nitrogens is 1. The third kappa shape index (κ3) is 3.45. The van der Waals surface area contributed by atoms with Crippen LogP contribution in [0.1, 0.15) is 20.8 Å². The highest BCUT2D eigenvalue weighted by atomic mass is 32.1. The van der Waals surface area contributed by atoms with Gasteiger partial charge in [-0.1, -0.05) is 18.2 Å². The number of fused-ring (bicyclic) bond motifs is 1. The van der Waals surface area contributed by atoms with Gasteiger partial charge in [-0.25, -0.2) is 0 Å². The van der Waals surface area contributed by atoms with Gasteiger partial charge in [-0.15, -0.1) is 11.3 Å². The third-order valence-electron chi connectivity index (χ3n) is 5.53. The van der Waals surface area contributed by atoms with E-state index in [0.717, 1.165) is 55.7 Å². The molecule has 154 valence electrons. The van der Waals surface area contributed by atoms with Gasteiger partial charge in [0.05, 0.1) is 16.1 Å². The number of nitrogens with zero attached hydrogens (tertiary/aromatic N) is 2. The Kier molecular flexibility index (Phi) is 5.02. The molecule has 2 N–H and O–H groups in total. The molecule has 6 heteroatoms. The summed E-state index contributed by atoms with van der Waals surface area (Å²) in [5.74, 6) is 0. The van der Waals surface area contributed by atoms with E-state index >= 15 is 0 Å². The number of thiophene rings is 1. The van der Waals surface area contributed by atoms with Crippen molar-refractivity contribution in [2.75, 3.05) is 5.32 Å². The fraction of sp³-hybridized carbons (Fsp3) is 0.0385. The molecule has 3 heterocycles. The van der Waals surface area contributed by atoms with E-state index in [1.807, 2.05) is 54.7 Å². The number of carbonyl (C=O) groups excluding carboxylic acids is 1. The van der Waals surface area contributed by atoms with Crippen molar-refractivity contribution in [3.63, 3.8) is 0 Å². The second-order valence-corrected chi connectivity index (χ2v) is 8.54. The van der Waals surface area contributed by atoms with Crippen molar-refractivity contribution in [2.24, 2.45) is 0 Å². The SMILES string of the molecule is Cc1c(Nc2c(C#N)cncc2-c2cccc(-c3ccc(C=O)s3)c2)ccc2[nH]ccc12. The van der Waals surface area contributed by atoms with E-state index in [-0.39, 0.29) is 0 Å². The lowest BCUT2D eigenvalue weighted by Crippen LogP contribution is -2.00. The summed E-state index contributed by atoms with van der Waals surface area (Å²) in [4.78, 5) is 20.3. The molecule has 5 nitrogen and oxygen atoms in total. The first kappa shape index (κ1) is 19.7. The Labute approximate surface area is 189 Å². The van der Waals surface area contributed by atoms with Crippen LogP contribution >= 0.6 is 11.3 Å². The van der Waals surface area contributed by atoms with Crippen LogP contribution in [0.2, 0.25) is 0 Å². The molecule has 0 radical (unpaired) electrons. The van der Waals surface area contributed by atoms with Gasteiger partial charge in [-0.3, -0.25) is 9.78 Å². The number of aromatic amines is 1. The minimum atomic E-state index is 0.473. The van der Waals surface area contributed by atoms with Crippen LogP contribution < -0.4 is 5.32 Å². The van der Waals surface area contributed by atoms with Gasteiger partial charge in [0.2, 0.25) is 0 Å². The number of aldehydes is 1. The molecule has 5 aromatic rings. The molecule has 0 atom stereocenters. The van der Waals surface area contributed by atoms with Crippen molar-refractivity contribution < 1.29 is 4.79 Å². The van der Waals surface area contributed by atoms with Crippen LogP contribution in [-0.4, -0.2) is 16.3 Å². The molecule has 0 saturated heterocycles. The number of nitriles is 1. The maximum absolute atomic E-state index is 11.1. The van der Waals surface area contributed by atoms with Crippen LogP contribution in [0.3, 0.4) is 0 Å². The van der Waals surface area contributed by atoms with Crippen molar-refractivity contribution in [3.8, 4) is 27.6 Å². The standard InChI is InChI=1S/C26H18N4OS/c1-16-21-9-10-29-24(21)7-6-23(16)30-26-19(12-27)13-28-14-22(26)17-3-2-4-18(11-17)25-8-5-20(15-31)32-25/h2-11,13-15,29H,1H3,(H,28,30). The van der Waals surface area contributed by atoms with E-state index in [2.05, 4.69) is 34.3 Å². The molecular formula is C26H18N4OS. The minimum Gasteiger partial charge on any atom is -0.361 e. The Hall–Kier alpha value is -4.21. The van der Waals surface area contributed by atoms with E-state index in [1.54, 1.807) is 12.4 Å². The van der Waals surface area contributed by atoms with Crippen molar-refractivity contribution in [1.82, 2.24) is 9.97 Å². The summed E-state index contributed by atoms with van der Waals surface area (Å²) in [6.45, 7) is 2.06. The first-order chi connectivity index (χ1) is 15.7. The molecule has 0 bridgehead atoms. The van der Waals surface area contributed by atoms with Crippen LogP contribution in [0.4, 0.5) is 11.4 Å². The van der Waals surface area contributed by atoms with Crippen LogP contribution in [-0.2, 0) is 0 Å². The zero-order chi connectivity index (χ0) is 22.1. The first-order valence-electron chi connectivity index (χ1n) is 10.1. The molecule has 0 aliphatic heterocycles. The summed E-state index contributed by atoms with van der Waals surface area (Å²) < 4.78 is 0. The predicted molar refractivity (Wildman–Crippen MR) is 129 cm³/mol. The molecule has 32 heavy (non-hydrogen) atoms. The first-order valence-corrected chi connectivity index (χ1v) is 10.9. The Bertz CT molecular complexity index is 1510. The number of anilines is 2. The van der Waals surface area contributed by atoms with E-state index in [0.29, 0.717) is 10.4 Å². The van der Waals surface area contributed by atoms with Gasteiger partial charge in [0.1, 0.15) is 6.07 Å². The molecular weight excluding hydrogens is 416 g/mol. The molecule has 0 amide bonds. The number of aromatic nitrogens is 2. The highest BCUT2D eigenvalue weighted by Crippen LogP contribution is 2.37. The van der Waals surface area contributed by atoms with Gasteiger partial charge in [0, 0.05) is 45.6 Å². The summed E-state index contributed by atoms with van der Waals surface area (Å²) >= 11 is 1.45. The van der Waals surface area contributed by atoms with E-state index in [4.69, 9.17) is 0 Å². The molecule has 3 aromatic heterocycles. The maximum Gasteiger partial charge on any atom is 0.160 e. The van der Waals surface area contributed by atoms with Crippen LogP contribution in [0, 0.1) is 18.3 Å². The summed E-state index contributed by atoms with van der Waals surface area (Å²) in [5, 5.41) is 14.4. The van der Waals surface area contributed by atoms with Crippen LogP contribution in [0.15, 0.2) is 73.2 Å². The minimum absolute atomic E-state index is 0.473. The topological polar surface area (TPSA) is 81.6 Å². The normalized spacial score (nSPS) is 10.8. The maximum atomic E-state index is 11.1. The van der Waals surface area contributed by atoms with Gasteiger partial charge >= 0.3 is 0 Å². The van der Waals surface area contributed by atoms with E-state index < -0.39 is 0 Å². The van der Waals surface area contributed by atoms with Crippen molar-refractivity contribution in [1.29, 1.82) is 5.26 Å². The van der Waals surface area contributed by atoms with E-state index in [1.165, 1.54) is 11.3 Å². The molecule has 0 fully saturated rings. The lowest BCUT2D eigenvalue weighted by molar-refractivity contribution is 0.112. The third-order valence-corrected chi connectivity index (χ3v) is 6.59.